The molecule has 1 aliphatic rings. The number of ketones is 1. The van der Waals surface area contributed by atoms with E-state index in [1.165, 1.54) is 6.07 Å². The van der Waals surface area contributed by atoms with Gasteiger partial charge in [0.2, 0.25) is 23.6 Å². The normalized spacial score (nSPS) is 17.1. The molecule has 4 unspecified atom stereocenters. The number of Topliss-reactive ketones (excluding diaryl/α,β-unsaturated/α-hetero) is 1. The summed E-state index contributed by atoms with van der Waals surface area (Å²) in [5.41, 5.74) is 0.146. The zero-order chi connectivity index (χ0) is 36.1. The minimum Gasteiger partial charge on any atom is -0.457 e. The number of aromatic nitrogens is 1. The maximum atomic E-state index is 13.7. The molecule has 1 fully saturated rings. The largest absolute Gasteiger partial charge is 0.457 e. The second kappa shape index (κ2) is 18.2. The van der Waals surface area contributed by atoms with Crippen molar-refractivity contribution in [3.05, 3.63) is 53.4 Å². The van der Waals surface area contributed by atoms with Crippen LogP contribution in [0.5, 0.6) is 0 Å². The lowest BCUT2D eigenvalue weighted by Crippen LogP contribution is -2.58. The number of carbonyl (C=O) groups is 6. The lowest BCUT2D eigenvalue weighted by Gasteiger charge is -2.27. The summed E-state index contributed by atoms with van der Waals surface area (Å²) in [6.45, 7) is 10.8. The highest BCUT2D eigenvalue weighted by atomic mass is 16.6. The molecule has 0 spiro atoms. The lowest BCUT2D eigenvalue weighted by atomic mass is 9.93. The summed E-state index contributed by atoms with van der Waals surface area (Å²) in [6.07, 6.45) is 0.846. The van der Waals surface area contributed by atoms with Crippen molar-refractivity contribution in [1.29, 1.82) is 0 Å². The van der Waals surface area contributed by atoms with Crippen LogP contribution in [0.25, 0.3) is 0 Å². The molecule has 14 nitrogen and oxygen atoms in total. The fourth-order valence-corrected chi connectivity index (χ4v) is 5.04. The number of esters is 1. The Morgan fingerprint density at radius 1 is 0.878 bits per heavy atom. The van der Waals surface area contributed by atoms with Crippen molar-refractivity contribution in [2.24, 2.45) is 11.8 Å². The number of amides is 4. The van der Waals surface area contributed by atoms with E-state index in [2.05, 4.69) is 26.4 Å². The summed E-state index contributed by atoms with van der Waals surface area (Å²) >= 11 is 0. The zero-order valence-corrected chi connectivity index (χ0v) is 29.1. The van der Waals surface area contributed by atoms with Crippen LogP contribution in [0.3, 0.4) is 0 Å². The SMILES string of the molecule is CCC(=O)OCc1cc(CC(=O)NCC(=O)NC(CC(C)C)C(=O)NC(Cc2ccccc2)C(=O)NC(CC(C)C)C(=O)C2(C)CO2)no1. The van der Waals surface area contributed by atoms with Gasteiger partial charge in [0.25, 0.3) is 0 Å². The molecule has 0 bridgehead atoms. The Morgan fingerprint density at radius 3 is 2.10 bits per heavy atom. The Bertz CT molecular complexity index is 1450. The first-order valence-electron chi connectivity index (χ1n) is 16.7. The molecule has 3 rings (SSSR count). The van der Waals surface area contributed by atoms with Gasteiger partial charge in [0, 0.05) is 18.9 Å². The third kappa shape index (κ3) is 13.1. The number of rotatable bonds is 20. The molecular weight excluding hydrogens is 634 g/mol. The second-order valence-electron chi connectivity index (χ2n) is 13.3. The van der Waals surface area contributed by atoms with Crippen LogP contribution in [0.4, 0.5) is 0 Å². The Kier molecular flexibility index (Phi) is 14.5. The topological polar surface area (TPSA) is 198 Å². The van der Waals surface area contributed by atoms with Gasteiger partial charge in [-0.1, -0.05) is 70.1 Å². The van der Waals surface area contributed by atoms with Crippen molar-refractivity contribution in [1.82, 2.24) is 26.4 Å². The van der Waals surface area contributed by atoms with Crippen molar-refractivity contribution >= 4 is 35.4 Å². The summed E-state index contributed by atoms with van der Waals surface area (Å²) in [5.74, 6) is -2.46. The van der Waals surface area contributed by atoms with Gasteiger partial charge in [0.1, 0.15) is 17.7 Å². The maximum absolute atomic E-state index is 13.7. The van der Waals surface area contributed by atoms with Gasteiger partial charge in [-0.05, 0) is 37.2 Å². The van der Waals surface area contributed by atoms with Gasteiger partial charge in [0.05, 0.1) is 31.3 Å². The molecule has 14 heteroatoms. The van der Waals surface area contributed by atoms with E-state index < -0.39 is 59.9 Å². The second-order valence-corrected chi connectivity index (χ2v) is 13.3. The molecule has 0 saturated carbocycles. The van der Waals surface area contributed by atoms with E-state index in [0.29, 0.717) is 6.42 Å². The number of carbonyl (C=O) groups excluding carboxylic acids is 6. The molecule has 1 aromatic carbocycles. The van der Waals surface area contributed by atoms with Gasteiger partial charge in [0.15, 0.2) is 18.2 Å². The number of nitrogens with one attached hydrogen (secondary N) is 4. The van der Waals surface area contributed by atoms with Gasteiger partial charge in [-0.2, -0.15) is 0 Å². The zero-order valence-electron chi connectivity index (χ0n) is 29.1. The van der Waals surface area contributed by atoms with Crippen molar-refractivity contribution in [3.8, 4) is 0 Å². The fraction of sp³-hybridized carbons (Fsp3) is 0.571. The van der Waals surface area contributed by atoms with Gasteiger partial charge in [-0.3, -0.25) is 28.8 Å². The average Bonchev–Trinajstić information content (AvgIpc) is 3.65. The van der Waals surface area contributed by atoms with E-state index in [0.717, 1.165) is 5.56 Å². The number of hydrogen-bond acceptors (Lipinski definition) is 10. The number of nitrogens with zero attached hydrogens (tertiary/aromatic N) is 1. The smallest absolute Gasteiger partial charge is 0.305 e. The predicted molar refractivity (Wildman–Crippen MR) is 178 cm³/mol. The number of hydrogen-bond donors (Lipinski definition) is 4. The molecule has 1 aromatic heterocycles. The summed E-state index contributed by atoms with van der Waals surface area (Å²) < 4.78 is 15.4. The molecule has 0 radical (unpaired) electrons. The molecule has 4 amide bonds. The Morgan fingerprint density at radius 2 is 1.49 bits per heavy atom. The van der Waals surface area contributed by atoms with Crippen LogP contribution in [-0.4, -0.2) is 77.4 Å². The molecule has 4 N–H and O–H groups in total. The molecule has 4 atom stereocenters. The Hall–Kier alpha value is -4.59. The van der Waals surface area contributed by atoms with Crippen LogP contribution >= 0.6 is 0 Å². The third-order valence-electron chi connectivity index (χ3n) is 7.77. The van der Waals surface area contributed by atoms with E-state index in [1.54, 1.807) is 13.8 Å². The van der Waals surface area contributed by atoms with Gasteiger partial charge >= 0.3 is 5.97 Å². The van der Waals surface area contributed by atoms with Crippen LogP contribution in [0.2, 0.25) is 0 Å². The van der Waals surface area contributed by atoms with Crippen LogP contribution < -0.4 is 21.3 Å². The summed E-state index contributed by atoms with van der Waals surface area (Å²) in [6, 6.07) is 7.78. The molecule has 268 valence electrons. The van der Waals surface area contributed by atoms with E-state index in [9.17, 15) is 28.8 Å². The van der Waals surface area contributed by atoms with E-state index >= 15 is 0 Å². The molecule has 2 aromatic rings. The first-order valence-corrected chi connectivity index (χ1v) is 16.7. The minimum atomic E-state index is -1.05. The van der Waals surface area contributed by atoms with Crippen molar-refractivity contribution < 1.29 is 42.8 Å². The fourth-order valence-electron chi connectivity index (χ4n) is 5.04. The van der Waals surface area contributed by atoms with Gasteiger partial charge in [-0.15, -0.1) is 0 Å². The first kappa shape index (κ1) is 38.9. The predicted octanol–water partition coefficient (Wildman–Crippen LogP) is 1.93. The van der Waals surface area contributed by atoms with Gasteiger partial charge in [-0.25, -0.2) is 0 Å². The highest BCUT2D eigenvalue weighted by Crippen LogP contribution is 2.29. The molecule has 2 heterocycles. The standard InChI is InChI=1S/C35H49N5O9/c1-7-31(43)47-19-25-16-24(40-49-25)17-29(41)36-18-30(42)37-27(14-22(4)5)33(45)39-28(15-23-11-9-8-10-12-23)34(46)38-26(13-21(2)3)32(44)35(6)20-48-35/h8-12,16,21-22,26-28H,7,13-15,17-20H2,1-6H3,(H,36,41)(H,37,42)(H,38,46)(H,39,45). The van der Waals surface area contributed by atoms with E-state index in [-0.39, 0.29) is 68.0 Å². The number of epoxide rings is 1. The van der Waals surface area contributed by atoms with Crippen LogP contribution in [-0.2, 0) is 57.7 Å². The van der Waals surface area contributed by atoms with Crippen LogP contribution in [0, 0.1) is 11.8 Å². The lowest BCUT2D eigenvalue weighted by molar-refractivity contribution is -0.145. The third-order valence-corrected chi connectivity index (χ3v) is 7.77. The molecule has 1 aliphatic heterocycles. The molecule has 49 heavy (non-hydrogen) atoms. The number of ether oxygens (including phenoxy) is 2. The van der Waals surface area contributed by atoms with E-state index in [1.807, 2.05) is 58.0 Å². The number of benzene rings is 1. The highest BCUT2D eigenvalue weighted by Gasteiger charge is 2.50. The maximum Gasteiger partial charge on any atom is 0.305 e. The molecule has 1 saturated heterocycles. The average molecular weight is 684 g/mol. The minimum absolute atomic E-state index is 0.00247. The summed E-state index contributed by atoms with van der Waals surface area (Å²) in [5, 5.41) is 14.6. The van der Waals surface area contributed by atoms with Crippen molar-refractivity contribution in [2.75, 3.05) is 13.2 Å². The quantitative estimate of drug-likeness (QED) is 0.118. The van der Waals surface area contributed by atoms with Gasteiger partial charge < -0.3 is 35.3 Å². The monoisotopic (exact) mass is 683 g/mol. The summed E-state index contributed by atoms with van der Waals surface area (Å²) in [4.78, 5) is 77.3. The summed E-state index contributed by atoms with van der Waals surface area (Å²) in [7, 11) is 0. The molecule has 0 aliphatic carbocycles. The van der Waals surface area contributed by atoms with E-state index in [4.69, 9.17) is 14.0 Å². The molecular formula is C35H49N5O9. The Balaban J connectivity index is 1.64. The van der Waals surface area contributed by atoms with Crippen molar-refractivity contribution in [2.45, 2.75) is 104 Å². The van der Waals surface area contributed by atoms with Crippen LogP contribution in [0.1, 0.15) is 77.8 Å². The first-order chi connectivity index (χ1) is 23.2. The highest BCUT2D eigenvalue weighted by molar-refractivity contribution is 5.98. The Labute approximate surface area is 286 Å². The van der Waals surface area contributed by atoms with Crippen LogP contribution in [0.15, 0.2) is 40.9 Å². The van der Waals surface area contributed by atoms with Crippen molar-refractivity contribution in [3.63, 3.8) is 0 Å².